The topological polar surface area (TPSA) is 52.4 Å². The molecule has 0 fully saturated rings. The van der Waals surface area contributed by atoms with Gasteiger partial charge >= 0.3 is 5.69 Å². The Morgan fingerprint density at radius 1 is 1.53 bits per heavy atom. The zero-order valence-electron chi connectivity index (χ0n) is 7.85. The zero-order valence-corrected chi connectivity index (χ0v) is 10.3. The van der Waals surface area contributed by atoms with Crippen LogP contribution in [0.3, 0.4) is 0 Å². The van der Waals surface area contributed by atoms with Crippen LogP contribution < -0.4 is 4.74 Å². The molecule has 0 amide bonds. The number of hydrogen-bond donors (Lipinski definition) is 1. The van der Waals surface area contributed by atoms with Gasteiger partial charge in [-0.3, -0.25) is 10.1 Å². The number of benzene rings is 1. The number of ether oxygens (including phenoxy) is 1. The Labute approximate surface area is 101 Å². The number of nitrogens with zero attached hydrogens (tertiary/aromatic N) is 1. The minimum Gasteiger partial charge on any atom is -0.487 e. The van der Waals surface area contributed by atoms with Gasteiger partial charge in [0.05, 0.1) is 11.5 Å². The van der Waals surface area contributed by atoms with Gasteiger partial charge in [0.25, 0.3) is 0 Å². The average Bonchev–Trinajstić information content (AvgIpc) is 2.20. The maximum atomic E-state index is 10.7. The molecule has 0 saturated heterocycles. The molecule has 1 rings (SSSR count). The van der Waals surface area contributed by atoms with Crippen molar-refractivity contribution < 1.29 is 9.66 Å². The largest absolute Gasteiger partial charge is 0.487 e. The van der Waals surface area contributed by atoms with Crippen LogP contribution in [0.5, 0.6) is 5.75 Å². The number of rotatable bonds is 5. The summed E-state index contributed by atoms with van der Waals surface area (Å²) in [5.41, 5.74) is -0.0245. The summed E-state index contributed by atoms with van der Waals surface area (Å²) in [6.45, 7) is 0.436. The molecule has 0 bridgehead atoms. The van der Waals surface area contributed by atoms with Gasteiger partial charge in [0, 0.05) is 10.5 Å². The molecule has 0 radical (unpaired) electrons. The molecule has 0 heterocycles. The van der Waals surface area contributed by atoms with Gasteiger partial charge in [-0.05, 0) is 24.3 Å². The third kappa shape index (κ3) is 3.71. The van der Waals surface area contributed by atoms with Crippen molar-refractivity contribution >= 4 is 34.2 Å². The number of halogens is 1. The highest BCUT2D eigenvalue weighted by Gasteiger charge is 2.14. The van der Waals surface area contributed by atoms with E-state index in [0.717, 1.165) is 6.42 Å². The molecular weight excluding hydrogens is 282 g/mol. The van der Waals surface area contributed by atoms with E-state index in [1.165, 1.54) is 6.07 Å². The molecule has 0 unspecified atom stereocenters. The lowest BCUT2D eigenvalue weighted by Gasteiger charge is -2.05. The standard InChI is InChI=1S/C9H10BrNO3S/c10-7-2-3-9(14-4-1-5-15)8(6-7)11(12)13/h2-3,6,15H,1,4-5H2. The van der Waals surface area contributed by atoms with E-state index in [4.69, 9.17) is 4.74 Å². The maximum absolute atomic E-state index is 10.7. The minimum atomic E-state index is -0.458. The van der Waals surface area contributed by atoms with Gasteiger partial charge in [0.2, 0.25) is 0 Å². The number of thiol groups is 1. The molecule has 0 N–H and O–H groups in total. The molecule has 0 aromatic heterocycles. The molecule has 0 aliphatic heterocycles. The number of nitro benzene ring substituents is 1. The second-order valence-corrected chi connectivity index (χ2v) is 4.16. The highest BCUT2D eigenvalue weighted by atomic mass is 79.9. The van der Waals surface area contributed by atoms with E-state index in [-0.39, 0.29) is 5.69 Å². The first-order valence-corrected chi connectivity index (χ1v) is 5.75. The summed E-state index contributed by atoms with van der Waals surface area (Å²) in [4.78, 5) is 10.2. The summed E-state index contributed by atoms with van der Waals surface area (Å²) in [7, 11) is 0. The lowest BCUT2D eigenvalue weighted by molar-refractivity contribution is -0.385. The van der Waals surface area contributed by atoms with E-state index >= 15 is 0 Å². The third-order valence-corrected chi connectivity index (χ3v) is 2.49. The number of hydrogen-bond acceptors (Lipinski definition) is 4. The van der Waals surface area contributed by atoms with E-state index in [2.05, 4.69) is 28.6 Å². The summed E-state index contributed by atoms with van der Waals surface area (Å²) < 4.78 is 5.95. The van der Waals surface area contributed by atoms with Gasteiger partial charge in [-0.25, -0.2) is 0 Å². The quantitative estimate of drug-likeness (QED) is 0.393. The Balaban J connectivity index is 2.81. The van der Waals surface area contributed by atoms with Crippen molar-refractivity contribution in [2.45, 2.75) is 6.42 Å². The van der Waals surface area contributed by atoms with Crippen LogP contribution in [-0.4, -0.2) is 17.3 Å². The molecule has 0 spiro atoms. The first-order valence-electron chi connectivity index (χ1n) is 4.32. The van der Waals surface area contributed by atoms with E-state index in [1.807, 2.05) is 0 Å². The van der Waals surface area contributed by atoms with Crippen molar-refractivity contribution in [3.63, 3.8) is 0 Å². The van der Waals surface area contributed by atoms with E-state index in [1.54, 1.807) is 12.1 Å². The van der Waals surface area contributed by atoms with Crippen molar-refractivity contribution in [2.75, 3.05) is 12.4 Å². The predicted molar refractivity (Wildman–Crippen MR) is 64.8 cm³/mol. The molecule has 15 heavy (non-hydrogen) atoms. The first-order chi connectivity index (χ1) is 7.15. The summed E-state index contributed by atoms with van der Waals surface area (Å²) in [5.74, 6) is 0.995. The van der Waals surface area contributed by atoms with Gasteiger partial charge in [0.1, 0.15) is 0 Å². The Morgan fingerprint density at radius 3 is 2.87 bits per heavy atom. The Morgan fingerprint density at radius 2 is 2.27 bits per heavy atom. The van der Waals surface area contributed by atoms with Crippen LogP contribution in [0.15, 0.2) is 22.7 Å². The van der Waals surface area contributed by atoms with Crippen molar-refractivity contribution in [1.29, 1.82) is 0 Å². The summed E-state index contributed by atoms with van der Waals surface area (Å²) >= 11 is 7.20. The fourth-order valence-electron chi connectivity index (χ4n) is 1.00. The van der Waals surface area contributed by atoms with Crippen LogP contribution in [-0.2, 0) is 0 Å². The Hall–Kier alpha value is -0.750. The van der Waals surface area contributed by atoms with E-state index in [0.29, 0.717) is 22.6 Å². The van der Waals surface area contributed by atoms with Crippen molar-refractivity contribution in [2.24, 2.45) is 0 Å². The van der Waals surface area contributed by atoms with E-state index in [9.17, 15) is 10.1 Å². The van der Waals surface area contributed by atoms with Crippen LogP contribution in [0.25, 0.3) is 0 Å². The zero-order chi connectivity index (χ0) is 11.3. The maximum Gasteiger partial charge on any atom is 0.312 e. The summed E-state index contributed by atoms with van der Waals surface area (Å²) in [6, 6.07) is 4.72. The van der Waals surface area contributed by atoms with Crippen LogP contribution >= 0.6 is 28.6 Å². The highest BCUT2D eigenvalue weighted by molar-refractivity contribution is 9.10. The van der Waals surface area contributed by atoms with E-state index < -0.39 is 4.92 Å². The Kier molecular flexibility index (Phi) is 4.90. The predicted octanol–water partition coefficient (Wildman–Crippen LogP) is 3.06. The van der Waals surface area contributed by atoms with Crippen LogP contribution in [0.2, 0.25) is 0 Å². The van der Waals surface area contributed by atoms with Gasteiger partial charge < -0.3 is 4.74 Å². The molecule has 82 valence electrons. The second-order valence-electron chi connectivity index (χ2n) is 2.79. The lowest BCUT2D eigenvalue weighted by atomic mass is 10.3. The first kappa shape index (κ1) is 12.3. The second kappa shape index (κ2) is 5.97. The molecule has 6 heteroatoms. The van der Waals surface area contributed by atoms with Gasteiger partial charge in [-0.2, -0.15) is 12.6 Å². The molecule has 0 atom stereocenters. The summed E-state index contributed by atoms with van der Waals surface area (Å²) in [6.07, 6.45) is 0.760. The average molecular weight is 292 g/mol. The lowest BCUT2D eigenvalue weighted by Crippen LogP contribution is -2.01. The van der Waals surface area contributed by atoms with Crippen molar-refractivity contribution in [3.8, 4) is 5.75 Å². The highest BCUT2D eigenvalue weighted by Crippen LogP contribution is 2.30. The number of nitro groups is 1. The molecule has 1 aromatic carbocycles. The van der Waals surface area contributed by atoms with Gasteiger partial charge in [0.15, 0.2) is 5.75 Å². The molecule has 4 nitrogen and oxygen atoms in total. The van der Waals surface area contributed by atoms with Crippen LogP contribution in [0.1, 0.15) is 6.42 Å². The van der Waals surface area contributed by atoms with Gasteiger partial charge in [-0.15, -0.1) is 0 Å². The van der Waals surface area contributed by atoms with Crippen LogP contribution in [0.4, 0.5) is 5.69 Å². The molecule has 1 aromatic rings. The summed E-state index contributed by atoms with van der Waals surface area (Å²) in [5, 5.41) is 10.7. The third-order valence-electron chi connectivity index (χ3n) is 1.68. The Bertz CT molecular complexity index is 359. The fraction of sp³-hybridized carbons (Fsp3) is 0.333. The monoisotopic (exact) mass is 291 g/mol. The normalized spacial score (nSPS) is 10.0. The molecule has 0 aliphatic carbocycles. The SMILES string of the molecule is O=[N+]([O-])c1cc(Br)ccc1OCCCS. The molecular formula is C9H10BrNO3S. The molecule has 0 saturated carbocycles. The van der Waals surface area contributed by atoms with Crippen molar-refractivity contribution in [3.05, 3.63) is 32.8 Å². The van der Waals surface area contributed by atoms with Gasteiger partial charge in [-0.1, -0.05) is 15.9 Å². The minimum absolute atomic E-state index is 0.0245. The van der Waals surface area contributed by atoms with Crippen molar-refractivity contribution in [1.82, 2.24) is 0 Å². The smallest absolute Gasteiger partial charge is 0.312 e. The fourth-order valence-corrected chi connectivity index (χ4v) is 1.48. The van der Waals surface area contributed by atoms with Crippen LogP contribution in [0, 0.1) is 10.1 Å². The molecule has 0 aliphatic rings.